The molecule has 98 valence electrons. The molecule has 2 aromatic rings. The van der Waals surface area contributed by atoms with Gasteiger partial charge < -0.3 is 5.11 Å². The Morgan fingerprint density at radius 3 is 2.84 bits per heavy atom. The standard InChI is InChI=1S/C15H16N2O2/c1-10-4-3-5-12(8-10)13-6-7-16-15(17-13)11(2)9-14(18)19/h3-8,11H,9H2,1-2H3,(H,18,19). The Balaban J connectivity index is 2.31. The Labute approximate surface area is 112 Å². The highest BCUT2D eigenvalue weighted by molar-refractivity contribution is 5.67. The minimum absolute atomic E-state index is 0.0390. The van der Waals surface area contributed by atoms with Crippen LogP contribution in [0.15, 0.2) is 36.5 Å². The summed E-state index contributed by atoms with van der Waals surface area (Å²) in [4.78, 5) is 19.4. The first-order valence-electron chi connectivity index (χ1n) is 6.18. The molecule has 0 amide bonds. The van der Waals surface area contributed by atoms with E-state index < -0.39 is 5.97 Å². The lowest BCUT2D eigenvalue weighted by Gasteiger charge is -2.09. The Bertz CT molecular complexity index is 596. The number of hydrogen-bond donors (Lipinski definition) is 1. The van der Waals surface area contributed by atoms with Gasteiger partial charge in [0.1, 0.15) is 5.82 Å². The quantitative estimate of drug-likeness (QED) is 0.913. The zero-order valence-corrected chi connectivity index (χ0v) is 11.0. The average Bonchev–Trinajstić information content (AvgIpc) is 2.38. The van der Waals surface area contributed by atoms with Crippen LogP contribution in [0.25, 0.3) is 11.3 Å². The predicted molar refractivity (Wildman–Crippen MR) is 72.9 cm³/mol. The number of nitrogens with zero attached hydrogens (tertiary/aromatic N) is 2. The fourth-order valence-electron chi connectivity index (χ4n) is 1.93. The third kappa shape index (κ3) is 3.37. The van der Waals surface area contributed by atoms with Crippen LogP contribution >= 0.6 is 0 Å². The van der Waals surface area contributed by atoms with Crippen LogP contribution < -0.4 is 0 Å². The summed E-state index contributed by atoms with van der Waals surface area (Å²) in [6, 6.07) is 9.88. The second kappa shape index (κ2) is 5.61. The van der Waals surface area contributed by atoms with E-state index in [2.05, 4.69) is 9.97 Å². The minimum Gasteiger partial charge on any atom is -0.481 e. The van der Waals surface area contributed by atoms with Crippen molar-refractivity contribution < 1.29 is 9.90 Å². The number of aliphatic carboxylic acids is 1. The van der Waals surface area contributed by atoms with E-state index in [1.807, 2.05) is 44.2 Å². The molecule has 0 aliphatic rings. The third-order valence-corrected chi connectivity index (χ3v) is 2.91. The van der Waals surface area contributed by atoms with Gasteiger partial charge in [0.05, 0.1) is 12.1 Å². The zero-order chi connectivity index (χ0) is 13.8. The summed E-state index contributed by atoms with van der Waals surface area (Å²) >= 11 is 0. The van der Waals surface area contributed by atoms with Crippen molar-refractivity contribution in [3.8, 4) is 11.3 Å². The number of carboxylic acid groups (broad SMARTS) is 1. The number of aryl methyl sites for hydroxylation is 1. The molecule has 1 aromatic carbocycles. The van der Waals surface area contributed by atoms with E-state index in [1.165, 1.54) is 0 Å². The summed E-state index contributed by atoms with van der Waals surface area (Å²) in [5.41, 5.74) is 3.01. The van der Waals surface area contributed by atoms with Crippen LogP contribution in [-0.4, -0.2) is 21.0 Å². The second-order valence-electron chi connectivity index (χ2n) is 4.67. The van der Waals surface area contributed by atoms with E-state index in [4.69, 9.17) is 5.11 Å². The summed E-state index contributed by atoms with van der Waals surface area (Å²) in [5, 5.41) is 8.81. The molecule has 0 bridgehead atoms. The van der Waals surface area contributed by atoms with E-state index in [0.717, 1.165) is 16.8 Å². The smallest absolute Gasteiger partial charge is 0.304 e. The molecule has 1 heterocycles. The molecule has 1 unspecified atom stereocenters. The minimum atomic E-state index is -0.836. The molecule has 0 saturated carbocycles. The molecule has 0 fully saturated rings. The summed E-state index contributed by atoms with van der Waals surface area (Å²) in [6.07, 6.45) is 1.72. The molecule has 19 heavy (non-hydrogen) atoms. The maximum atomic E-state index is 10.7. The van der Waals surface area contributed by atoms with Crippen LogP contribution in [0.5, 0.6) is 0 Å². The average molecular weight is 256 g/mol. The van der Waals surface area contributed by atoms with Gasteiger partial charge in [-0.3, -0.25) is 4.79 Å². The van der Waals surface area contributed by atoms with Crippen molar-refractivity contribution in [3.63, 3.8) is 0 Å². The van der Waals surface area contributed by atoms with Crippen molar-refractivity contribution in [2.24, 2.45) is 0 Å². The first kappa shape index (κ1) is 13.2. The van der Waals surface area contributed by atoms with Gasteiger partial charge in [-0.05, 0) is 19.1 Å². The lowest BCUT2D eigenvalue weighted by molar-refractivity contribution is -0.137. The first-order chi connectivity index (χ1) is 9.06. The van der Waals surface area contributed by atoms with Gasteiger partial charge in [0, 0.05) is 17.7 Å². The van der Waals surface area contributed by atoms with E-state index >= 15 is 0 Å². The largest absolute Gasteiger partial charge is 0.481 e. The number of hydrogen-bond acceptors (Lipinski definition) is 3. The summed E-state index contributed by atoms with van der Waals surface area (Å²) in [5.74, 6) is -0.458. The molecule has 1 N–H and O–H groups in total. The molecule has 0 radical (unpaired) electrons. The van der Waals surface area contributed by atoms with Crippen molar-refractivity contribution >= 4 is 5.97 Å². The van der Waals surface area contributed by atoms with Gasteiger partial charge >= 0.3 is 5.97 Å². The van der Waals surface area contributed by atoms with Gasteiger partial charge in [-0.2, -0.15) is 0 Å². The normalized spacial score (nSPS) is 12.1. The summed E-state index contributed by atoms with van der Waals surface area (Å²) in [6.45, 7) is 3.85. The molecule has 2 rings (SSSR count). The van der Waals surface area contributed by atoms with Crippen LogP contribution in [0, 0.1) is 6.92 Å². The molecule has 0 spiro atoms. The van der Waals surface area contributed by atoms with Gasteiger partial charge in [0.15, 0.2) is 0 Å². The number of carbonyl (C=O) groups is 1. The number of benzene rings is 1. The van der Waals surface area contributed by atoms with Crippen molar-refractivity contribution in [1.82, 2.24) is 9.97 Å². The topological polar surface area (TPSA) is 63.1 Å². The fraction of sp³-hybridized carbons (Fsp3) is 0.267. The van der Waals surface area contributed by atoms with Gasteiger partial charge in [0.2, 0.25) is 0 Å². The van der Waals surface area contributed by atoms with Crippen LogP contribution in [0.3, 0.4) is 0 Å². The van der Waals surface area contributed by atoms with Crippen molar-refractivity contribution in [2.45, 2.75) is 26.2 Å². The molecule has 1 atom stereocenters. The van der Waals surface area contributed by atoms with Gasteiger partial charge in [-0.15, -0.1) is 0 Å². The van der Waals surface area contributed by atoms with Crippen molar-refractivity contribution in [3.05, 3.63) is 47.9 Å². The van der Waals surface area contributed by atoms with Gasteiger partial charge in [0.25, 0.3) is 0 Å². The van der Waals surface area contributed by atoms with E-state index in [0.29, 0.717) is 5.82 Å². The van der Waals surface area contributed by atoms with Crippen molar-refractivity contribution in [1.29, 1.82) is 0 Å². The Morgan fingerprint density at radius 2 is 2.16 bits per heavy atom. The highest BCUT2D eigenvalue weighted by Gasteiger charge is 2.13. The van der Waals surface area contributed by atoms with Crippen LogP contribution in [0.1, 0.15) is 30.7 Å². The number of aromatic nitrogens is 2. The van der Waals surface area contributed by atoms with Crippen LogP contribution in [0.2, 0.25) is 0 Å². The Hall–Kier alpha value is -2.23. The van der Waals surface area contributed by atoms with Gasteiger partial charge in [-0.1, -0.05) is 30.7 Å². The molecule has 4 nitrogen and oxygen atoms in total. The summed E-state index contributed by atoms with van der Waals surface area (Å²) < 4.78 is 0. The number of carboxylic acids is 1. The zero-order valence-electron chi connectivity index (χ0n) is 11.0. The fourth-order valence-corrected chi connectivity index (χ4v) is 1.93. The van der Waals surface area contributed by atoms with E-state index in [9.17, 15) is 4.79 Å². The lowest BCUT2D eigenvalue weighted by atomic mass is 10.1. The Morgan fingerprint density at radius 1 is 1.37 bits per heavy atom. The molecule has 0 aliphatic heterocycles. The number of rotatable bonds is 4. The second-order valence-corrected chi connectivity index (χ2v) is 4.67. The molecule has 0 aliphatic carbocycles. The monoisotopic (exact) mass is 256 g/mol. The highest BCUT2D eigenvalue weighted by atomic mass is 16.4. The maximum absolute atomic E-state index is 10.7. The van der Waals surface area contributed by atoms with Crippen LogP contribution in [0.4, 0.5) is 0 Å². The predicted octanol–water partition coefficient (Wildman–Crippen LogP) is 3.03. The molecule has 4 heteroatoms. The lowest BCUT2D eigenvalue weighted by Crippen LogP contribution is -2.07. The highest BCUT2D eigenvalue weighted by Crippen LogP contribution is 2.21. The van der Waals surface area contributed by atoms with Crippen molar-refractivity contribution in [2.75, 3.05) is 0 Å². The van der Waals surface area contributed by atoms with Crippen LogP contribution in [-0.2, 0) is 4.79 Å². The molecular formula is C15H16N2O2. The molecule has 0 saturated heterocycles. The third-order valence-electron chi connectivity index (χ3n) is 2.91. The first-order valence-corrected chi connectivity index (χ1v) is 6.18. The van der Waals surface area contributed by atoms with E-state index in [-0.39, 0.29) is 12.3 Å². The molecule has 1 aromatic heterocycles. The Kier molecular flexibility index (Phi) is 3.90. The van der Waals surface area contributed by atoms with Gasteiger partial charge in [-0.25, -0.2) is 9.97 Å². The summed E-state index contributed by atoms with van der Waals surface area (Å²) in [7, 11) is 0. The van der Waals surface area contributed by atoms with E-state index in [1.54, 1.807) is 6.20 Å². The molecular weight excluding hydrogens is 240 g/mol. The maximum Gasteiger partial charge on any atom is 0.304 e. The SMILES string of the molecule is Cc1cccc(-c2ccnc(C(C)CC(=O)O)n2)c1.